The van der Waals surface area contributed by atoms with Crippen molar-refractivity contribution in [3.05, 3.63) is 83.4 Å². The zero-order valence-electron chi connectivity index (χ0n) is 20.1. The Balaban J connectivity index is 1.35. The van der Waals surface area contributed by atoms with Crippen molar-refractivity contribution in [2.45, 2.75) is 11.4 Å². The molecule has 0 aliphatic carbocycles. The SMILES string of the molecule is COc1ccc(CN2CCN(c3ccc(NS(=O)(=O)c4cccc(C(=O)O)c4)cc3)CC2)cc1C(=O)O. The zero-order chi connectivity index (χ0) is 26.6. The number of hydrogen-bond donors (Lipinski definition) is 3. The summed E-state index contributed by atoms with van der Waals surface area (Å²) in [5, 5.41) is 18.5. The number of ether oxygens (including phenoxy) is 1. The summed E-state index contributed by atoms with van der Waals surface area (Å²) in [6, 6.07) is 17.4. The number of nitrogens with zero attached hydrogens (tertiary/aromatic N) is 2. The minimum Gasteiger partial charge on any atom is -0.496 e. The van der Waals surface area contributed by atoms with E-state index in [1.54, 1.807) is 24.3 Å². The average Bonchev–Trinajstić information content (AvgIpc) is 2.89. The maximum absolute atomic E-state index is 12.7. The first-order valence-electron chi connectivity index (χ1n) is 11.5. The molecule has 4 rings (SSSR count). The van der Waals surface area contributed by atoms with Gasteiger partial charge in [0, 0.05) is 44.1 Å². The zero-order valence-corrected chi connectivity index (χ0v) is 20.9. The molecule has 3 N–H and O–H groups in total. The summed E-state index contributed by atoms with van der Waals surface area (Å²) in [6.45, 7) is 3.71. The van der Waals surface area contributed by atoms with Crippen molar-refractivity contribution in [1.29, 1.82) is 0 Å². The van der Waals surface area contributed by atoms with Gasteiger partial charge in [-0.3, -0.25) is 9.62 Å². The lowest BCUT2D eigenvalue weighted by Crippen LogP contribution is -2.45. The normalized spacial score (nSPS) is 14.2. The van der Waals surface area contributed by atoms with Crippen molar-refractivity contribution in [2.75, 3.05) is 42.9 Å². The van der Waals surface area contributed by atoms with E-state index in [1.807, 2.05) is 18.2 Å². The molecule has 1 heterocycles. The highest BCUT2D eigenvalue weighted by Gasteiger charge is 2.20. The van der Waals surface area contributed by atoms with Crippen LogP contribution in [0.25, 0.3) is 0 Å². The number of sulfonamides is 1. The fraction of sp³-hybridized carbons (Fsp3) is 0.231. The van der Waals surface area contributed by atoms with Crippen molar-refractivity contribution >= 4 is 33.3 Å². The van der Waals surface area contributed by atoms with Crippen LogP contribution in [0.15, 0.2) is 71.6 Å². The quantitative estimate of drug-likeness (QED) is 0.385. The molecule has 10 nitrogen and oxygen atoms in total. The molecular weight excluding hydrogens is 498 g/mol. The van der Waals surface area contributed by atoms with Gasteiger partial charge in [-0.05, 0) is 60.2 Å². The van der Waals surface area contributed by atoms with E-state index in [-0.39, 0.29) is 16.0 Å². The third kappa shape index (κ3) is 6.19. The van der Waals surface area contributed by atoms with Crippen molar-refractivity contribution < 1.29 is 33.0 Å². The molecule has 37 heavy (non-hydrogen) atoms. The molecule has 0 saturated carbocycles. The van der Waals surface area contributed by atoms with Gasteiger partial charge in [0.15, 0.2) is 0 Å². The summed E-state index contributed by atoms with van der Waals surface area (Å²) >= 11 is 0. The summed E-state index contributed by atoms with van der Waals surface area (Å²) < 4.78 is 33.0. The molecule has 0 spiro atoms. The molecule has 0 atom stereocenters. The van der Waals surface area contributed by atoms with Gasteiger partial charge in [-0.25, -0.2) is 18.0 Å². The average molecular weight is 526 g/mol. The molecule has 3 aromatic rings. The second kappa shape index (κ2) is 10.9. The first kappa shape index (κ1) is 26.0. The number of hydrogen-bond acceptors (Lipinski definition) is 7. The first-order valence-corrected chi connectivity index (χ1v) is 13.0. The molecule has 1 fully saturated rings. The third-order valence-electron chi connectivity index (χ3n) is 6.15. The standard InChI is InChI=1S/C26H27N3O7S/c1-36-24-10-5-18(15-23(24)26(32)33)17-28-11-13-29(14-12-28)21-8-6-20(7-9-21)27-37(34,35)22-4-2-3-19(16-22)25(30)31/h2-10,15-16,27H,11-14,17H2,1H3,(H,30,31)(H,32,33). The smallest absolute Gasteiger partial charge is 0.339 e. The fourth-order valence-corrected chi connectivity index (χ4v) is 5.30. The van der Waals surface area contributed by atoms with E-state index in [0.717, 1.165) is 43.5 Å². The number of aromatic carboxylic acids is 2. The van der Waals surface area contributed by atoms with Crippen LogP contribution in [-0.4, -0.2) is 68.8 Å². The van der Waals surface area contributed by atoms with E-state index < -0.39 is 22.0 Å². The van der Waals surface area contributed by atoms with Crippen molar-refractivity contribution in [1.82, 2.24) is 4.90 Å². The topological polar surface area (TPSA) is 136 Å². The molecule has 1 aliphatic rings. The van der Waals surface area contributed by atoms with Crippen LogP contribution in [0.2, 0.25) is 0 Å². The number of carboxylic acid groups (broad SMARTS) is 2. The van der Waals surface area contributed by atoms with Gasteiger partial charge in [-0.2, -0.15) is 0 Å². The van der Waals surface area contributed by atoms with Gasteiger partial charge in [-0.15, -0.1) is 0 Å². The maximum atomic E-state index is 12.7. The number of methoxy groups -OCH3 is 1. The Bertz CT molecular complexity index is 1400. The van der Waals surface area contributed by atoms with E-state index >= 15 is 0 Å². The maximum Gasteiger partial charge on any atom is 0.339 e. The lowest BCUT2D eigenvalue weighted by molar-refractivity contribution is 0.0683. The Morgan fingerprint density at radius 3 is 2.24 bits per heavy atom. The van der Waals surface area contributed by atoms with E-state index in [0.29, 0.717) is 18.0 Å². The Labute approximate surface area is 214 Å². The number of rotatable bonds is 9. The molecule has 0 unspecified atom stereocenters. The molecule has 0 amide bonds. The molecular formula is C26H27N3O7S. The Hall–Kier alpha value is -4.09. The van der Waals surface area contributed by atoms with Crippen LogP contribution in [0.4, 0.5) is 11.4 Å². The highest BCUT2D eigenvalue weighted by Crippen LogP contribution is 2.24. The van der Waals surface area contributed by atoms with Gasteiger partial charge in [0.25, 0.3) is 10.0 Å². The molecule has 0 bridgehead atoms. The predicted octanol–water partition coefficient (Wildman–Crippen LogP) is 3.21. The van der Waals surface area contributed by atoms with Crippen LogP contribution in [0.3, 0.4) is 0 Å². The molecule has 1 aliphatic heterocycles. The third-order valence-corrected chi connectivity index (χ3v) is 7.53. The van der Waals surface area contributed by atoms with Crippen LogP contribution < -0.4 is 14.4 Å². The number of benzene rings is 3. The van der Waals surface area contributed by atoms with Crippen LogP contribution in [0, 0.1) is 0 Å². The fourth-order valence-electron chi connectivity index (χ4n) is 4.19. The molecule has 0 aromatic heterocycles. The summed E-state index contributed by atoms with van der Waals surface area (Å²) in [4.78, 5) is 26.9. The minimum absolute atomic E-state index is 0.105. The summed E-state index contributed by atoms with van der Waals surface area (Å²) in [6.07, 6.45) is 0. The van der Waals surface area contributed by atoms with E-state index in [4.69, 9.17) is 9.84 Å². The molecule has 194 valence electrons. The van der Waals surface area contributed by atoms with Gasteiger partial charge in [-0.1, -0.05) is 12.1 Å². The van der Waals surface area contributed by atoms with Crippen LogP contribution >= 0.6 is 0 Å². The number of carbonyl (C=O) groups is 2. The number of nitrogens with one attached hydrogen (secondary N) is 1. The lowest BCUT2D eigenvalue weighted by atomic mass is 10.1. The molecule has 1 saturated heterocycles. The molecule has 0 radical (unpaired) electrons. The van der Waals surface area contributed by atoms with Gasteiger partial charge >= 0.3 is 11.9 Å². The predicted molar refractivity (Wildman–Crippen MR) is 138 cm³/mol. The highest BCUT2D eigenvalue weighted by atomic mass is 32.2. The van der Waals surface area contributed by atoms with Crippen molar-refractivity contribution in [2.24, 2.45) is 0 Å². The van der Waals surface area contributed by atoms with Gasteiger partial charge in [0.1, 0.15) is 11.3 Å². The second-order valence-electron chi connectivity index (χ2n) is 8.59. The summed E-state index contributed by atoms with van der Waals surface area (Å²) in [7, 11) is -2.49. The number of piperazine rings is 1. The number of anilines is 2. The van der Waals surface area contributed by atoms with Crippen molar-refractivity contribution in [3.63, 3.8) is 0 Å². The summed E-state index contributed by atoms with van der Waals surface area (Å²) in [5.41, 5.74) is 2.26. The Morgan fingerprint density at radius 2 is 1.62 bits per heavy atom. The van der Waals surface area contributed by atoms with Crippen LogP contribution in [0.5, 0.6) is 5.75 Å². The van der Waals surface area contributed by atoms with E-state index in [1.165, 1.54) is 25.3 Å². The summed E-state index contributed by atoms with van der Waals surface area (Å²) in [5.74, 6) is -1.89. The van der Waals surface area contributed by atoms with Crippen molar-refractivity contribution in [3.8, 4) is 5.75 Å². The first-order chi connectivity index (χ1) is 17.7. The lowest BCUT2D eigenvalue weighted by Gasteiger charge is -2.36. The molecule has 3 aromatic carbocycles. The molecule has 11 heteroatoms. The van der Waals surface area contributed by atoms with Crippen LogP contribution in [0.1, 0.15) is 26.3 Å². The second-order valence-corrected chi connectivity index (χ2v) is 10.3. The minimum atomic E-state index is -3.94. The highest BCUT2D eigenvalue weighted by molar-refractivity contribution is 7.92. The number of carboxylic acids is 2. The Morgan fingerprint density at radius 1 is 0.919 bits per heavy atom. The monoisotopic (exact) mass is 525 g/mol. The Kier molecular flexibility index (Phi) is 7.65. The van der Waals surface area contributed by atoms with Crippen LogP contribution in [-0.2, 0) is 16.6 Å². The van der Waals surface area contributed by atoms with E-state index in [2.05, 4.69) is 14.5 Å². The van der Waals surface area contributed by atoms with Gasteiger partial charge in [0.2, 0.25) is 0 Å². The van der Waals surface area contributed by atoms with Gasteiger partial charge < -0.3 is 19.8 Å². The largest absolute Gasteiger partial charge is 0.496 e. The van der Waals surface area contributed by atoms with E-state index in [9.17, 15) is 23.1 Å². The van der Waals surface area contributed by atoms with Gasteiger partial charge in [0.05, 0.1) is 17.6 Å².